The van der Waals surface area contributed by atoms with Gasteiger partial charge in [0.15, 0.2) is 0 Å². The van der Waals surface area contributed by atoms with E-state index in [0.717, 1.165) is 11.1 Å². The molecule has 1 aromatic rings. The van der Waals surface area contributed by atoms with Gasteiger partial charge < -0.3 is 9.64 Å². The molecule has 1 aliphatic rings. The molecule has 0 saturated heterocycles. The first kappa shape index (κ1) is 11.6. The number of amides is 1. The minimum Gasteiger partial charge on any atom is -0.372 e. The van der Waals surface area contributed by atoms with Gasteiger partial charge in [0.1, 0.15) is 6.54 Å². The molecule has 0 unspecified atom stereocenters. The summed E-state index contributed by atoms with van der Waals surface area (Å²) in [6, 6.07) is 7.60. The van der Waals surface area contributed by atoms with Crippen molar-refractivity contribution in [3.63, 3.8) is 0 Å². The zero-order chi connectivity index (χ0) is 12.3. The molecule has 0 fully saturated rings. The quantitative estimate of drug-likeness (QED) is 0.743. The molecule has 0 bridgehead atoms. The first-order chi connectivity index (χ1) is 8.26. The Morgan fingerprint density at radius 3 is 2.94 bits per heavy atom. The third-order valence-electron chi connectivity index (χ3n) is 2.90. The molecule has 0 N–H and O–H groups in total. The molecule has 17 heavy (non-hydrogen) atoms. The van der Waals surface area contributed by atoms with Crippen LogP contribution in [0, 0.1) is 11.3 Å². The van der Waals surface area contributed by atoms with Gasteiger partial charge in [0.05, 0.1) is 19.3 Å². The molecule has 0 aliphatic carbocycles. The summed E-state index contributed by atoms with van der Waals surface area (Å²) in [7, 11) is 0. The number of rotatable bonds is 3. The van der Waals surface area contributed by atoms with Gasteiger partial charge in [0, 0.05) is 12.1 Å². The fourth-order valence-corrected chi connectivity index (χ4v) is 1.90. The third-order valence-corrected chi connectivity index (χ3v) is 2.90. The van der Waals surface area contributed by atoms with Crippen molar-refractivity contribution in [2.75, 3.05) is 13.1 Å². The van der Waals surface area contributed by atoms with E-state index < -0.39 is 0 Å². The summed E-state index contributed by atoms with van der Waals surface area (Å²) in [6.07, 6.45) is 0. The molecular formula is C13H14N2O2. The van der Waals surface area contributed by atoms with Crippen molar-refractivity contribution in [1.82, 2.24) is 4.90 Å². The average Bonchev–Trinajstić information content (AvgIpc) is 2.82. The van der Waals surface area contributed by atoms with Crippen molar-refractivity contribution in [1.29, 1.82) is 5.26 Å². The van der Waals surface area contributed by atoms with Crippen LogP contribution in [0.4, 0.5) is 0 Å². The molecule has 0 radical (unpaired) electrons. The summed E-state index contributed by atoms with van der Waals surface area (Å²) in [5.74, 6) is -0.0937. The number of benzene rings is 1. The molecule has 2 rings (SSSR count). The molecule has 1 amide bonds. The van der Waals surface area contributed by atoms with Crippen LogP contribution < -0.4 is 0 Å². The summed E-state index contributed by atoms with van der Waals surface area (Å²) >= 11 is 0. The van der Waals surface area contributed by atoms with Gasteiger partial charge in [0.25, 0.3) is 5.91 Å². The van der Waals surface area contributed by atoms with Crippen LogP contribution in [0.1, 0.15) is 28.4 Å². The Balaban J connectivity index is 2.22. The van der Waals surface area contributed by atoms with Gasteiger partial charge in [0.2, 0.25) is 0 Å². The van der Waals surface area contributed by atoms with E-state index in [1.54, 1.807) is 6.07 Å². The summed E-state index contributed by atoms with van der Waals surface area (Å²) < 4.78 is 5.31. The van der Waals surface area contributed by atoms with Crippen molar-refractivity contribution in [2.24, 2.45) is 0 Å². The lowest BCUT2D eigenvalue weighted by Gasteiger charge is -2.17. The number of hydrogen-bond donors (Lipinski definition) is 0. The maximum atomic E-state index is 12.1. The molecule has 1 aromatic carbocycles. The lowest BCUT2D eigenvalue weighted by Crippen LogP contribution is -2.31. The summed E-state index contributed by atoms with van der Waals surface area (Å²) in [6.45, 7) is 3.73. The van der Waals surface area contributed by atoms with Crippen LogP contribution in [0.25, 0.3) is 0 Å². The lowest BCUT2D eigenvalue weighted by atomic mass is 10.1. The molecular weight excluding hydrogens is 216 g/mol. The van der Waals surface area contributed by atoms with Crippen LogP contribution in [0.2, 0.25) is 0 Å². The number of hydrogen-bond acceptors (Lipinski definition) is 3. The molecule has 88 valence electrons. The topological polar surface area (TPSA) is 53.3 Å². The molecule has 1 heterocycles. The molecule has 0 aromatic heterocycles. The minimum absolute atomic E-state index is 0.0937. The Labute approximate surface area is 100 Å². The van der Waals surface area contributed by atoms with Gasteiger partial charge in [-0.1, -0.05) is 6.07 Å². The first-order valence-electron chi connectivity index (χ1n) is 5.62. The van der Waals surface area contributed by atoms with Gasteiger partial charge in [-0.15, -0.1) is 0 Å². The van der Waals surface area contributed by atoms with E-state index in [0.29, 0.717) is 25.3 Å². The molecule has 1 aliphatic heterocycles. The van der Waals surface area contributed by atoms with Crippen molar-refractivity contribution < 1.29 is 9.53 Å². The van der Waals surface area contributed by atoms with Crippen molar-refractivity contribution in [2.45, 2.75) is 20.1 Å². The van der Waals surface area contributed by atoms with E-state index in [1.165, 1.54) is 4.90 Å². The van der Waals surface area contributed by atoms with E-state index >= 15 is 0 Å². The van der Waals surface area contributed by atoms with E-state index in [2.05, 4.69) is 0 Å². The maximum absolute atomic E-state index is 12.1. The number of nitrogens with zero attached hydrogens (tertiary/aromatic N) is 2. The highest BCUT2D eigenvalue weighted by Crippen LogP contribution is 2.21. The molecule has 0 atom stereocenters. The number of nitriles is 1. The maximum Gasteiger partial charge on any atom is 0.254 e. The Morgan fingerprint density at radius 1 is 1.47 bits per heavy atom. The van der Waals surface area contributed by atoms with E-state index in [4.69, 9.17) is 10.00 Å². The van der Waals surface area contributed by atoms with Crippen molar-refractivity contribution >= 4 is 5.91 Å². The van der Waals surface area contributed by atoms with E-state index in [-0.39, 0.29) is 12.5 Å². The van der Waals surface area contributed by atoms with Crippen LogP contribution in [-0.2, 0) is 18.0 Å². The second-order valence-corrected chi connectivity index (χ2v) is 3.95. The van der Waals surface area contributed by atoms with Crippen LogP contribution in [0.15, 0.2) is 18.2 Å². The second kappa shape index (κ2) is 4.98. The van der Waals surface area contributed by atoms with Crippen molar-refractivity contribution in [3.8, 4) is 6.07 Å². The van der Waals surface area contributed by atoms with Crippen molar-refractivity contribution in [3.05, 3.63) is 34.9 Å². The molecule has 4 nitrogen and oxygen atoms in total. The van der Waals surface area contributed by atoms with Crippen LogP contribution >= 0.6 is 0 Å². The Kier molecular flexibility index (Phi) is 3.40. The Hall–Kier alpha value is -1.86. The largest absolute Gasteiger partial charge is 0.372 e. The predicted molar refractivity (Wildman–Crippen MR) is 62.1 cm³/mol. The van der Waals surface area contributed by atoms with Crippen LogP contribution in [0.3, 0.4) is 0 Å². The molecule has 4 heteroatoms. The zero-order valence-corrected chi connectivity index (χ0v) is 9.77. The second-order valence-electron chi connectivity index (χ2n) is 3.95. The summed E-state index contributed by atoms with van der Waals surface area (Å²) in [4.78, 5) is 13.6. The smallest absolute Gasteiger partial charge is 0.254 e. The Bertz CT molecular complexity index is 477. The standard InChI is InChI=1S/C13H14N2O2/c1-2-15(6-5-14)13(16)10-3-4-11-8-17-9-12(11)7-10/h3-4,7H,2,6,8-9H2,1H3. The van der Waals surface area contributed by atoms with Gasteiger partial charge >= 0.3 is 0 Å². The fourth-order valence-electron chi connectivity index (χ4n) is 1.90. The number of carbonyl (C=O) groups is 1. The zero-order valence-electron chi connectivity index (χ0n) is 9.77. The Morgan fingerprint density at radius 2 is 2.24 bits per heavy atom. The number of fused-ring (bicyclic) bond motifs is 1. The average molecular weight is 230 g/mol. The van der Waals surface area contributed by atoms with Gasteiger partial charge in [-0.2, -0.15) is 5.26 Å². The first-order valence-corrected chi connectivity index (χ1v) is 5.62. The van der Waals surface area contributed by atoms with Gasteiger partial charge in [-0.25, -0.2) is 0 Å². The normalized spacial score (nSPS) is 12.9. The van der Waals surface area contributed by atoms with E-state index in [9.17, 15) is 4.79 Å². The summed E-state index contributed by atoms with van der Waals surface area (Å²) in [5, 5.41) is 8.65. The highest BCUT2D eigenvalue weighted by molar-refractivity contribution is 5.94. The monoisotopic (exact) mass is 230 g/mol. The highest BCUT2D eigenvalue weighted by Gasteiger charge is 2.17. The summed E-state index contributed by atoms with van der Waals surface area (Å²) in [5.41, 5.74) is 2.85. The number of ether oxygens (including phenoxy) is 1. The predicted octanol–water partition coefficient (Wildman–Crippen LogP) is 1.70. The van der Waals surface area contributed by atoms with Crippen LogP contribution in [0.5, 0.6) is 0 Å². The molecule has 0 spiro atoms. The van der Waals surface area contributed by atoms with E-state index in [1.807, 2.05) is 25.1 Å². The van der Waals surface area contributed by atoms with Gasteiger partial charge in [-0.3, -0.25) is 4.79 Å². The number of carbonyl (C=O) groups excluding carboxylic acids is 1. The highest BCUT2D eigenvalue weighted by atomic mass is 16.5. The third kappa shape index (κ3) is 2.29. The SMILES string of the molecule is CCN(CC#N)C(=O)c1ccc2c(c1)COC2. The van der Waals surface area contributed by atoms with Gasteiger partial charge in [-0.05, 0) is 30.2 Å². The molecule has 0 saturated carbocycles. The van der Waals surface area contributed by atoms with Crippen LogP contribution in [-0.4, -0.2) is 23.9 Å². The minimum atomic E-state index is -0.0937. The fraction of sp³-hybridized carbons (Fsp3) is 0.385. The lowest BCUT2D eigenvalue weighted by molar-refractivity contribution is 0.0784.